The van der Waals surface area contributed by atoms with Crippen molar-refractivity contribution >= 4 is 40.9 Å². The molecule has 2 amide bonds. The molecule has 2 aromatic carbocycles. The second-order valence-corrected chi connectivity index (χ2v) is 7.78. The number of carbonyl (C=O) groups is 2. The molecule has 0 radical (unpaired) electrons. The first-order valence-electron chi connectivity index (χ1n) is 9.39. The number of carboxylic acids is 1. The number of urea groups is 1. The Morgan fingerprint density at radius 1 is 1.09 bits per heavy atom. The Hall–Kier alpha value is -3.49. The fraction of sp³-hybridized carbons (Fsp3) is 0.136. The van der Waals surface area contributed by atoms with E-state index in [4.69, 9.17) is 23.2 Å². The molecule has 0 unspecified atom stereocenters. The molecule has 1 aromatic heterocycles. The molecule has 4 N–H and O–H groups in total. The smallest absolute Gasteiger partial charge is 0.319 e. The highest BCUT2D eigenvalue weighted by atomic mass is 35.5. The van der Waals surface area contributed by atoms with Crippen LogP contribution in [0.25, 0.3) is 11.1 Å². The van der Waals surface area contributed by atoms with Crippen molar-refractivity contribution in [3.63, 3.8) is 0 Å². The number of carboxylic acid groups (broad SMARTS) is 1. The Kier molecular flexibility index (Phi) is 7.07. The summed E-state index contributed by atoms with van der Waals surface area (Å²) in [5, 5.41) is 24.9. The van der Waals surface area contributed by atoms with E-state index in [1.165, 1.54) is 23.9 Å². The summed E-state index contributed by atoms with van der Waals surface area (Å²) in [5.74, 6) is -1.55. The number of pyridine rings is 1. The third-order valence-electron chi connectivity index (χ3n) is 4.71. The molecule has 32 heavy (non-hydrogen) atoms. The summed E-state index contributed by atoms with van der Waals surface area (Å²) < 4.78 is 1.18. The van der Waals surface area contributed by atoms with Gasteiger partial charge >= 0.3 is 12.0 Å². The van der Waals surface area contributed by atoms with Crippen LogP contribution < -0.4 is 16.2 Å². The largest absolute Gasteiger partial charge is 0.505 e. The molecule has 0 aliphatic heterocycles. The number of halogens is 2. The summed E-state index contributed by atoms with van der Waals surface area (Å²) in [7, 11) is 1.46. The lowest BCUT2D eigenvalue weighted by Crippen LogP contribution is -2.36. The van der Waals surface area contributed by atoms with Crippen LogP contribution >= 0.6 is 23.2 Å². The number of benzene rings is 2. The minimum atomic E-state index is -1.14. The van der Waals surface area contributed by atoms with Gasteiger partial charge in [0.15, 0.2) is 5.69 Å². The van der Waals surface area contributed by atoms with Gasteiger partial charge in [-0.3, -0.25) is 9.59 Å². The fourth-order valence-electron chi connectivity index (χ4n) is 3.16. The van der Waals surface area contributed by atoms with Crippen LogP contribution in [0, 0.1) is 0 Å². The highest BCUT2D eigenvalue weighted by molar-refractivity contribution is 6.39. The third kappa shape index (κ3) is 5.22. The molecule has 10 heteroatoms. The van der Waals surface area contributed by atoms with Gasteiger partial charge in [0.05, 0.1) is 12.5 Å². The molecule has 0 fully saturated rings. The van der Waals surface area contributed by atoms with Crippen molar-refractivity contribution in [1.82, 2.24) is 9.88 Å². The van der Waals surface area contributed by atoms with E-state index in [-0.39, 0.29) is 5.69 Å². The zero-order chi connectivity index (χ0) is 23.4. The van der Waals surface area contributed by atoms with E-state index in [2.05, 4.69) is 10.6 Å². The number of rotatable bonds is 6. The molecule has 3 rings (SSSR count). The van der Waals surface area contributed by atoms with Crippen LogP contribution in [0.2, 0.25) is 10.0 Å². The second-order valence-electron chi connectivity index (χ2n) is 6.96. The maximum Gasteiger partial charge on any atom is 0.319 e. The average molecular weight is 476 g/mol. The number of amides is 2. The summed E-state index contributed by atoms with van der Waals surface area (Å²) in [6.07, 6.45) is 0.922. The van der Waals surface area contributed by atoms with E-state index in [0.717, 1.165) is 0 Å². The molecular formula is C22H19Cl2N3O5. The Morgan fingerprint density at radius 3 is 2.41 bits per heavy atom. The van der Waals surface area contributed by atoms with E-state index in [9.17, 15) is 24.6 Å². The van der Waals surface area contributed by atoms with Gasteiger partial charge < -0.3 is 25.4 Å². The van der Waals surface area contributed by atoms with Crippen LogP contribution in [0.4, 0.5) is 10.5 Å². The number of nitrogens with one attached hydrogen (secondary N) is 2. The van der Waals surface area contributed by atoms with Gasteiger partial charge in [0, 0.05) is 28.9 Å². The number of aliphatic carboxylic acids is 1. The van der Waals surface area contributed by atoms with Crippen molar-refractivity contribution < 1.29 is 19.8 Å². The number of aryl methyl sites for hydroxylation is 1. The zero-order valence-corrected chi connectivity index (χ0v) is 18.3. The number of nitrogens with zero attached hydrogens (tertiary/aromatic N) is 1. The van der Waals surface area contributed by atoms with Gasteiger partial charge in [-0.25, -0.2) is 4.79 Å². The number of hydrogen-bond acceptors (Lipinski definition) is 4. The van der Waals surface area contributed by atoms with Crippen molar-refractivity contribution in [2.24, 2.45) is 7.05 Å². The first-order valence-corrected chi connectivity index (χ1v) is 10.1. The number of hydrogen-bond donors (Lipinski definition) is 4. The Morgan fingerprint density at radius 2 is 1.75 bits per heavy atom. The molecule has 0 spiro atoms. The molecule has 0 saturated heterocycles. The lowest BCUT2D eigenvalue weighted by molar-refractivity contribution is -0.137. The lowest BCUT2D eigenvalue weighted by Gasteiger charge is -2.19. The molecule has 0 aliphatic carbocycles. The molecule has 0 aliphatic rings. The van der Waals surface area contributed by atoms with Crippen LogP contribution in [0.15, 0.2) is 59.5 Å². The first kappa shape index (κ1) is 23.2. The topological polar surface area (TPSA) is 121 Å². The van der Waals surface area contributed by atoms with Gasteiger partial charge in [-0.05, 0) is 35.4 Å². The highest BCUT2D eigenvalue weighted by Gasteiger charge is 2.21. The van der Waals surface area contributed by atoms with Crippen LogP contribution in [0.3, 0.4) is 0 Å². The standard InChI is InChI=1S/C22H19Cl2N3O5/c1-27-9-8-17(28)20(21(27)31)26-22(32)25-16(11-18(29)30)12-4-2-5-13(10-12)19-14(23)6-3-7-15(19)24/h2-10,16,28H,11H2,1H3,(H,29,30)(H2,25,26,32)/t16-/m0/s1. The maximum atomic E-state index is 12.5. The van der Waals surface area contributed by atoms with E-state index in [1.807, 2.05) is 0 Å². The van der Waals surface area contributed by atoms with Crippen molar-refractivity contribution in [1.29, 1.82) is 0 Å². The Labute approximate surface area is 193 Å². The van der Waals surface area contributed by atoms with Gasteiger partial charge in [0.1, 0.15) is 5.75 Å². The van der Waals surface area contributed by atoms with Crippen molar-refractivity contribution in [3.8, 4) is 16.9 Å². The molecular weight excluding hydrogens is 457 g/mol. The van der Waals surface area contributed by atoms with E-state index in [1.54, 1.807) is 42.5 Å². The monoisotopic (exact) mass is 475 g/mol. The van der Waals surface area contributed by atoms with Crippen molar-refractivity contribution in [2.75, 3.05) is 5.32 Å². The maximum absolute atomic E-state index is 12.5. The highest BCUT2D eigenvalue weighted by Crippen LogP contribution is 2.35. The summed E-state index contributed by atoms with van der Waals surface area (Å²) in [5.41, 5.74) is 0.767. The predicted molar refractivity (Wildman–Crippen MR) is 122 cm³/mol. The molecule has 0 bridgehead atoms. The van der Waals surface area contributed by atoms with Crippen molar-refractivity contribution in [2.45, 2.75) is 12.5 Å². The van der Waals surface area contributed by atoms with E-state index < -0.39 is 35.8 Å². The van der Waals surface area contributed by atoms with Crippen LogP contribution in [-0.4, -0.2) is 26.8 Å². The second kappa shape index (κ2) is 9.76. The van der Waals surface area contributed by atoms with Gasteiger partial charge in [-0.2, -0.15) is 0 Å². The number of anilines is 1. The summed E-state index contributed by atoms with van der Waals surface area (Å²) >= 11 is 12.6. The van der Waals surface area contributed by atoms with Crippen molar-refractivity contribution in [3.05, 3.63) is 80.7 Å². The summed E-state index contributed by atoms with van der Waals surface area (Å²) in [6, 6.07) is 11.3. The van der Waals surface area contributed by atoms with Gasteiger partial charge in [-0.1, -0.05) is 47.5 Å². The average Bonchev–Trinajstić information content (AvgIpc) is 2.73. The first-order chi connectivity index (χ1) is 15.2. The minimum Gasteiger partial charge on any atom is -0.505 e. The molecule has 8 nitrogen and oxygen atoms in total. The molecule has 3 aromatic rings. The molecule has 1 heterocycles. The summed E-state index contributed by atoms with van der Waals surface area (Å²) in [4.78, 5) is 36.1. The SMILES string of the molecule is Cn1ccc(O)c(NC(=O)N[C@@H](CC(=O)O)c2cccc(-c3c(Cl)cccc3Cl)c2)c1=O. The zero-order valence-electron chi connectivity index (χ0n) is 16.8. The Bertz CT molecular complexity index is 1220. The molecule has 0 saturated carbocycles. The third-order valence-corrected chi connectivity index (χ3v) is 5.34. The Balaban J connectivity index is 1.91. The minimum absolute atomic E-state index is 0.321. The number of carbonyl (C=O) groups excluding carboxylic acids is 1. The fourth-order valence-corrected chi connectivity index (χ4v) is 3.77. The quantitative estimate of drug-likeness (QED) is 0.420. The summed E-state index contributed by atoms with van der Waals surface area (Å²) in [6.45, 7) is 0. The van der Waals surface area contributed by atoms with Crippen LogP contribution in [0.1, 0.15) is 18.0 Å². The number of aromatic nitrogens is 1. The molecule has 166 valence electrons. The van der Waals surface area contributed by atoms with E-state index >= 15 is 0 Å². The predicted octanol–water partition coefficient (Wildman–Crippen LogP) is 4.40. The molecule has 1 atom stereocenters. The van der Waals surface area contributed by atoms with Gasteiger partial charge in [0.2, 0.25) is 0 Å². The van der Waals surface area contributed by atoms with Gasteiger partial charge in [0.25, 0.3) is 5.56 Å². The number of aromatic hydroxyl groups is 1. The lowest BCUT2D eigenvalue weighted by atomic mass is 9.97. The van der Waals surface area contributed by atoms with E-state index in [0.29, 0.717) is 26.7 Å². The van der Waals surface area contributed by atoms with Crippen LogP contribution in [0.5, 0.6) is 5.75 Å². The van der Waals surface area contributed by atoms with Gasteiger partial charge in [-0.15, -0.1) is 0 Å². The van der Waals surface area contributed by atoms with Crippen LogP contribution in [-0.2, 0) is 11.8 Å². The normalized spacial score (nSPS) is 11.6.